The van der Waals surface area contributed by atoms with Crippen LogP contribution in [0.15, 0.2) is 36.0 Å². The number of ketones is 1. The molecule has 0 saturated heterocycles. The summed E-state index contributed by atoms with van der Waals surface area (Å²) in [5, 5.41) is 3.27. The number of nitrogens with zero attached hydrogens (tertiary/aromatic N) is 1. The fourth-order valence-corrected chi connectivity index (χ4v) is 3.35. The second-order valence-corrected chi connectivity index (χ2v) is 8.13. The average Bonchev–Trinajstić information content (AvgIpc) is 2.86. The quantitative estimate of drug-likeness (QED) is 0.155. The summed E-state index contributed by atoms with van der Waals surface area (Å²) in [5.41, 5.74) is 7.23. The molecular weight excluding hydrogens is 417 g/mol. The number of halogens is 1. The Balaban J connectivity index is 0.00000497. The van der Waals surface area contributed by atoms with E-state index >= 15 is 0 Å². The van der Waals surface area contributed by atoms with Crippen LogP contribution in [0.4, 0.5) is 4.39 Å². The molecule has 1 rings (SSSR count). The van der Waals surface area contributed by atoms with Gasteiger partial charge in [-0.05, 0) is 69.5 Å². The number of hydrogen-bond acceptors (Lipinski definition) is 5. The average molecular weight is 466 g/mol. The van der Waals surface area contributed by atoms with Gasteiger partial charge in [-0.25, -0.2) is 0 Å². The lowest BCUT2D eigenvalue weighted by atomic mass is 10.1. The van der Waals surface area contributed by atoms with Crippen molar-refractivity contribution in [2.75, 3.05) is 46.5 Å². The molecule has 0 radical (unpaired) electrons. The van der Waals surface area contributed by atoms with Gasteiger partial charge in [-0.1, -0.05) is 40.0 Å². The largest absolute Gasteiger partial charge is 0.494 e. The molecule has 33 heavy (non-hydrogen) atoms. The van der Waals surface area contributed by atoms with Crippen molar-refractivity contribution in [3.8, 4) is 5.75 Å². The van der Waals surface area contributed by atoms with Gasteiger partial charge in [0.2, 0.25) is 0 Å². The van der Waals surface area contributed by atoms with E-state index in [9.17, 15) is 9.18 Å². The SMILES string of the molecule is CCCC/C(=C\C(=O)c1ccc(OCCCN(CCCC)CCCC)cc1)NCCN.CF. The van der Waals surface area contributed by atoms with Crippen molar-refractivity contribution in [1.29, 1.82) is 0 Å². The van der Waals surface area contributed by atoms with Crippen LogP contribution in [-0.2, 0) is 0 Å². The first-order valence-electron chi connectivity index (χ1n) is 12.7. The van der Waals surface area contributed by atoms with Gasteiger partial charge in [0.25, 0.3) is 0 Å². The monoisotopic (exact) mass is 465 g/mol. The molecule has 0 aliphatic rings. The van der Waals surface area contributed by atoms with E-state index in [0.717, 1.165) is 43.7 Å². The first kappa shape index (κ1) is 31.1. The molecule has 3 N–H and O–H groups in total. The van der Waals surface area contributed by atoms with Crippen molar-refractivity contribution < 1.29 is 13.9 Å². The van der Waals surface area contributed by atoms with Crippen LogP contribution in [-0.4, -0.2) is 57.2 Å². The maximum absolute atomic E-state index is 12.6. The summed E-state index contributed by atoms with van der Waals surface area (Å²) in [7, 11) is 0.500. The summed E-state index contributed by atoms with van der Waals surface area (Å²) in [4.78, 5) is 15.2. The molecule has 0 unspecified atom stereocenters. The molecule has 1 aromatic carbocycles. The topological polar surface area (TPSA) is 67.6 Å². The van der Waals surface area contributed by atoms with Gasteiger partial charge in [-0.2, -0.15) is 0 Å². The van der Waals surface area contributed by atoms with E-state index in [1.54, 1.807) is 6.08 Å². The minimum Gasteiger partial charge on any atom is -0.494 e. The molecule has 0 aliphatic heterocycles. The van der Waals surface area contributed by atoms with Crippen molar-refractivity contribution in [2.24, 2.45) is 5.73 Å². The first-order valence-corrected chi connectivity index (χ1v) is 12.7. The predicted octanol–water partition coefficient (Wildman–Crippen LogP) is 5.75. The zero-order valence-corrected chi connectivity index (χ0v) is 21.5. The standard InChI is InChI=1S/C26H45N3O2.CH3F/c1-4-7-11-24(28-17-16-27)22-26(30)23-12-14-25(15-13-23)31-21-10-20-29(18-8-5-2)19-9-6-3;1-2/h12-15,22,28H,4-11,16-21,27H2,1-3H3;1H3/b24-22+;. The number of benzene rings is 1. The Morgan fingerprint density at radius 2 is 1.55 bits per heavy atom. The van der Waals surface area contributed by atoms with Crippen LogP contribution in [0.5, 0.6) is 5.75 Å². The molecule has 0 saturated carbocycles. The summed E-state index contributed by atoms with van der Waals surface area (Å²) in [6.45, 7) is 12.0. The van der Waals surface area contributed by atoms with E-state index in [1.807, 2.05) is 24.3 Å². The number of carbonyl (C=O) groups is 1. The first-order chi connectivity index (χ1) is 16.1. The second kappa shape index (κ2) is 21.9. The van der Waals surface area contributed by atoms with Crippen LogP contribution in [0.2, 0.25) is 0 Å². The van der Waals surface area contributed by atoms with Crippen LogP contribution >= 0.6 is 0 Å². The molecular formula is C27H48FN3O2. The normalized spacial score (nSPS) is 11.2. The van der Waals surface area contributed by atoms with Gasteiger partial charge < -0.3 is 20.7 Å². The van der Waals surface area contributed by atoms with Crippen molar-refractivity contribution in [1.82, 2.24) is 10.2 Å². The second-order valence-electron chi connectivity index (χ2n) is 8.13. The van der Waals surface area contributed by atoms with Crippen molar-refractivity contribution in [3.05, 3.63) is 41.6 Å². The third-order valence-corrected chi connectivity index (χ3v) is 5.28. The Morgan fingerprint density at radius 1 is 0.970 bits per heavy atom. The van der Waals surface area contributed by atoms with Gasteiger partial charge >= 0.3 is 0 Å². The number of alkyl halides is 1. The summed E-state index contributed by atoms with van der Waals surface area (Å²) < 4.78 is 15.4. The van der Waals surface area contributed by atoms with Crippen molar-refractivity contribution >= 4 is 5.78 Å². The zero-order valence-electron chi connectivity index (χ0n) is 21.5. The van der Waals surface area contributed by atoms with Crippen LogP contribution in [0.1, 0.15) is 82.5 Å². The van der Waals surface area contributed by atoms with Crippen molar-refractivity contribution in [2.45, 2.75) is 72.1 Å². The van der Waals surface area contributed by atoms with E-state index in [1.165, 1.54) is 38.8 Å². The van der Waals surface area contributed by atoms with Crippen molar-refractivity contribution in [3.63, 3.8) is 0 Å². The van der Waals surface area contributed by atoms with Gasteiger partial charge in [-0.15, -0.1) is 0 Å². The van der Waals surface area contributed by atoms with E-state index < -0.39 is 0 Å². The fraction of sp³-hybridized carbons (Fsp3) is 0.667. The van der Waals surface area contributed by atoms with E-state index in [0.29, 0.717) is 32.4 Å². The molecule has 0 aliphatic carbocycles. The van der Waals surface area contributed by atoms with E-state index in [4.69, 9.17) is 10.5 Å². The summed E-state index contributed by atoms with van der Waals surface area (Å²) >= 11 is 0. The Morgan fingerprint density at radius 3 is 2.09 bits per heavy atom. The lowest BCUT2D eigenvalue weighted by molar-refractivity contribution is 0.104. The number of carbonyl (C=O) groups excluding carboxylic acids is 1. The highest BCUT2D eigenvalue weighted by atomic mass is 19.1. The summed E-state index contributed by atoms with van der Waals surface area (Å²) in [6, 6.07) is 7.49. The number of ether oxygens (including phenoxy) is 1. The highest BCUT2D eigenvalue weighted by Gasteiger charge is 2.07. The molecule has 6 heteroatoms. The summed E-state index contributed by atoms with van der Waals surface area (Å²) in [6.07, 6.45) is 10.7. The number of hydrogen-bond donors (Lipinski definition) is 2. The molecule has 0 atom stereocenters. The van der Waals surface area contributed by atoms with E-state index in [2.05, 4.69) is 31.0 Å². The molecule has 0 aromatic heterocycles. The number of rotatable bonds is 19. The van der Waals surface area contributed by atoms with Gasteiger partial charge in [0.1, 0.15) is 5.75 Å². The number of nitrogens with two attached hydrogens (primary N) is 1. The predicted molar refractivity (Wildman–Crippen MR) is 139 cm³/mol. The zero-order chi connectivity index (χ0) is 24.7. The number of unbranched alkanes of at least 4 members (excludes halogenated alkanes) is 3. The molecule has 0 amide bonds. The van der Waals surface area contributed by atoms with Crippen LogP contribution in [0, 0.1) is 0 Å². The molecule has 5 nitrogen and oxygen atoms in total. The van der Waals surface area contributed by atoms with Crippen LogP contribution < -0.4 is 15.8 Å². The minimum absolute atomic E-state index is 0.0182. The maximum atomic E-state index is 12.6. The minimum atomic E-state index is 0.0182. The lowest BCUT2D eigenvalue weighted by Crippen LogP contribution is -2.28. The van der Waals surface area contributed by atoms with Crippen LogP contribution in [0.25, 0.3) is 0 Å². The Bertz CT molecular complexity index is 602. The van der Waals surface area contributed by atoms with Crippen LogP contribution in [0.3, 0.4) is 0 Å². The third-order valence-electron chi connectivity index (χ3n) is 5.28. The van der Waals surface area contributed by atoms with E-state index in [-0.39, 0.29) is 5.78 Å². The van der Waals surface area contributed by atoms with Gasteiger partial charge in [0.15, 0.2) is 5.78 Å². The molecule has 0 fully saturated rings. The van der Waals surface area contributed by atoms with Gasteiger partial charge in [0.05, 0.1) is 13.8 Å². The molecule has 0 spiro atoms. The number of nitrogens with one attached hydrogen (secondary N) is 1. The Kier molecular flexibility index (Phi) is 20.6. The number of allylic oxidation sites excluding steroid dienone is 2. The Hall–Kier alpha value is -1.92. The molecule has 0 bridgehead atoms. The lowest BCUT2D eigenvalue weighted by Gasteiger charge is -2.21. The molecule has 0 heterocycles. The smallest absolute Gasteiger partial charge is 0.187 e. The fourth-order valence-electron chi connectivity index (χ4n) is 3.35. The third kappa shape index (κ3) is 15.5. The maximum Gasteiger partial charge on any atom is 0.187 e. The highest BCUT2D eigenvalue weighted by Crippen LogP contribution is 2.15. The van der Waals surface area contributed by atoms with Gasteiger partial charge in [0, 0.05) is 37.0 Å². The van der Waals surface area contributed by atoms with Gasteiger partial charge in [-0.3, -0.25) is 9.18 Å². The Labute approximate surface area is 202 Å². The molecule has 1 aromatic rings. The highest BCUT2D eigenvalue weighted by molar-refractivity contribution is 6.04. The molecule has 190 valence electrons. The summed E-state index contributed by atoms with van der Waals surface area (Å²) in [5.74, 6) is 0.839.